The van der Waals surface area contributed by atoms with Gasteiger partial charge in [0.15, 0.2) is 0 Å². The molecular weight excluding hydrogens is 304 g/mol. The fourth-order valence-corrected chi connectivity index (χ4v) is 3.16. The molecule has 0 aromatic heterocycles. The molecule has 25 heavy (non-hydrogen) atoms. The van der Waals surface area contributed by atoms with E-state index >= 15 is 0 Å². The van der Waals surface area contributed by atoms with E-state index in [9.17, 15) is 0 Å². The molecule has 2 atom stereocenters. The Morgan fingerprint density at radius 3 is 1.64 bits per heavy atom. The molecule has 0 aliphatic rings. The van der Waals surface area contributed by atoms with Crippen LogP contribution in [0.5, 0.6) is 0 Å². The van der Waals surface area contributed by atoms with Crippen molar-refractivity contribution < 1.29 is 0 Å². The SMILES string of the molecule is C[C@H]([C@@H](c1ccccc1)N(C)CCC(C)(C)C)N(C)CCC(C)(C)C. The standard InChI is InChI=1S/C23H42N2/c1-19(24(8)17-15-22(2,3)4)21(20-13-11-10-12-14-20)25(9)18-16-23(5,6)7/h10-14,19,21H,15-18H2,1-9H3/t19-,21+/m1/s1. The first kappa shape index (κ1) is 22.2. The van der Waals surface area contributed by atoms with Crippen molar-refractivity contribution in [2.24, 2.45) is 10.8 Å². The van der Waals surface area contributed by atoms with Crippen LogP contribution in [0, 0.1) is 10.8 Å². The molecule has 0 unspecified atom stereocenters. The summed E-state index contributed by atoms with van der Waals surface area (Å²) in [5, 5.41) is 0. The normalized spacial score (nSPS) is 15.6. The molecular formula is C23H42N2. The molecule has 1 aromatic rings. The van der Waals surface area contributed by atoms with Gasteiger partial charge in [-0.2, -0.15) is 0 Å². The Kier molecular flexibility index (Phi) is 8.15. The van der Waals surface area contributed by atoms with Gasteiger partial charge in [-0.3, -0.25) is 4.90 Å². The fourth-order valence-electron chi connectivity index (χ4n) is 3.16. The van der Waals surface area contributed by atoms with Crippen molar-refractivity contribution >= 4 is 0 Å². The summed E-state index contributed by atoms with van der Waals surface area (Å²) in [6.07, 6.45) is 2.44. The number of nitrogens with zero attached hydrogens (tertiary/aromatic N) is 2. The van der Waals surface area contributed by atoms with E-state index in [1.165, 1.54) is 18.4 Å². The first-order valence-electron chi connectivity index (χ1n) is 9.86. The lowest BCUT2D eigenvalue weighted by Crippen LogP contribution is -2.43. The Bertz CT molecular complexity index is 481. The molecule has 0 saturated carbocycles. The summed E-state index contributed by atoms with van der Waals surface area (Å²) in [6.45, 7) is 18.6. The van der Waals surface area contributed by atoms with E-state index in [0.717, 1.165) is 13.1 Å². The van der Waals surface area contributed by atoms with Crippen LogP contribution >= 0.6 is 0 Å². The van der Waals surface area contributed by atoms with E-state index in [0.29, 0.717) is 22.9 Å². The van der Waals surface area contributed by atoms with Crippen molar-refractivity contribution in [1.29, 1.82) is 0 Å². The Morgan fingerprint density at radius 2 is 1.20 bits per heavy atom. The van der Waals surface area contributed by atoms with Crippen LogP contribution in [0.3, 0.4) is 0 Å². The first-order valence-corrected chi connectivity index (χ1v) is 9.86. The zero-order valence-corrected chi connectivity index (χ0v) is 18.3. The molecule has 0 bridgehead atoms. The predicted molar refractivity (Wildman–Crippen MR) is 112 cm³/mol. The van der Waals surface area contributed by atoms with Crippen LogP contribution in [0.25, 0.3) is 0 Å². The van der Waals surface area contributed by atoms with Gasteiger partial charge in [0, 0.05) is 12.1 Å². The van der Waals surface area contributed by atoms with Gasteiger partial charge in [0.05, 0.1) is 0 Å². The lowest BCUT2D eigenvalue weighted by molar-refractivity contribution is 0.105. The van der Waals surface area contributed by atoms with Crippen LogP contribution in [-0.4, -0.2) is 43.0 Å². The van der Waals surface area contributed by atoms with E-state index in [2.05, 4.69) is 103 Å². The van der Waals surface area contributed by atoms with Gasteiger partial charge >= 0.3 is 0 Å². The molecule has 0 N–H and O–H groups in total. The third-order valence-electron chi connectivity index (χ3n) is 5.20. The van der Waals surface area contributed by atoms with Gasteiger partial charge < -0.3 is 4.90 Å². The minimum absolute atomic E-state index is 0.372. The minimum atomic E-state index is 0.372. The highest BCUT2D eigenvalue weighted by molar-refractivity contribution is 5.20. The fraction of sp³-hybridized carbons (Fsp3) is 0.739. The molecule has 0 aliphatic heterocycles. The average molecular weight is 347 g/mol. The van der Waals surface area contributed by atoms with Crippen LogP contribution < -0.4 is 0 Å². The molecule has 0 radical (unpaired) electrons. The Morgan fingerprint density at radius 1 is 0.760 bits per heavy atom. The summed E-state index contributed by atoms with van der Waals surface area (Å²) in [5.74, 6) is 0. The van der Waals surface area contributed by atoms with Crippen LogP contribution in [0.1, 0.15) is 72.9 Å². The number of hydrogen-bond acceptors (Lipinski definition) is 2. The van der Waals surface area contributed by atoms with Gasteiger partial charge in [-0.25, -0.2) is 0 Å². The number of likely N-dealkylation sites (N-methyl/N-ethyl adjacent to an activating group) is 2. The topological polar surface area (TPSA) is 6.48 Å². The van der Waals surface area contributed by atoms with E-state index in [-0.39, 0.29) is 0 Å². The summed E-state index contributed by atoms with van der Waals surface area (Å²) >= 11 is 0. The van der Waals surface area contributed by atoms with Crippen LogP contribution in [-0.2, 0) is 0 Å². The molecule has 1 rings (SSSR count). The molecule has 0 saturated heterocycles. The highest BCUT2D eigenvalue weighted by atomic mass is 15.2. The Hall–Kier alpha value is -0.860. The largest absolute Gasteiger partial charge is 0.302 e. The molecule has 1 aromatic carbocycles. The molecule has 2 heteroatoms. The van der Waals surface area contributed by atoms with Crippen LogP contribution in [0.15, 0.2) is 30.3 Å². The maximum Gasteiger partial charge on any atom is 0.0497 e. The molecule has 0 amide bonds. The van der Waals surface area contributed by atoms with E-state index in [4.69, 9.17) is 0 Å². The zero-order valence-electron chi connectivity index (χ0n) is 18.3. The van der Waals surface area contributed by atoms with E-state index in [1.807, 2.05) is 0 Å². The zero-order chi connectivity index (χ0) is 19.3. The Balaban J connectivity index is 2.90. The third kappa shape index (κ3) is 8.37. The summed E-state index contributed by atoms with van der Waals surface area (Å²) in [5.41, 5.74) is 2.18. The van der Waals surface area contributed by atoms with Crippen molar-refractivity contribution in [3.63, 3.8) is 0 Å². The van der Waals surface area contributed by atoms with Gasteiger partial charge in [-0.1, -0.05) is 71.9 Å². The molecule has 0 spiro atoms. The monoisotopic (exact) mass is 346 g/mol. The van der Waals surface area contributed by atoms with Gasteiger partial charge in [0.25, 0.3) is 0 Å². The second-order valence-corrected chi connectivity index (χ2v) is 10.2. The first-order chi connectivity index (χ1) is 11.4. The quantitative estimate of drug-likeness (QED) is 0.582. The third-order valence-corrected chi connectivity index (χ3v) is 5.20. The number of rotatable bonds is 8. The van der Waals surface area contributed by atoms with Crippen molar-refractivity contribution in [2.75, 3.05) is 27.2 Å². The second kappa shape index (κ2) is 9.19. The van der Waals surface area contributed by atoms with Gasteiger partial charge in [-0.15, -0.1) is 0 Å². The lowest BCUT2D eigenvalue weighted by Gasteiger charge is -2.39. The summed E-state index contributed by atoms with van der Waals surface area (Å²) in [7, 11) is 4.57. The second-order valence-electron chi connectivity index (χ2n) is 10.2. The summed E-state index contributed by atoms with van der Waals surface area (Å²) in [6, 6.07) is 11.9. The van der Waals surface area contributed by atoms with E-state index < -0.39 is 0 Å². The summed E-state index contributed by atoms with van der Waals surface area (Å²) < 4.78 is 0. The Labute approximate surface area is 157 Å². The molecule has 0 heterocycles. The van der Waals surface area contributed by atoms with Crippen LogP contribution in [0.4, 0.5) is 0 Å². The molecule has 144 valence electrons. The number of hydrogen-bond donors (Lipinski definition) is 0. The highest BCUT2D eigenvalue weighted by Crippen LogP contribution is 2.29. The molecule has 2 nitrogen and oxygen atoms in total. The van der Waals surface area contributed by atoms with E-state index in [1.54, 1.807) is 0 Å². The van der Waals surface area contributed by atoms with Gasteiger partial charge in [0.2, 0.25) is 0 Å². The van der Waals surface area contributed by atoms with Gasteiger partial charge in [-0.05, 0) is 63.3 Å². The maximum absolute atomic E-state index is 2.55. The van der Waals surface area contributed by atoms with Crippen molar-refractivity contribution in [3.05, 3.63) is 35.9 Å². The molecule has 0 aliphatic carbocycles. The van der Waals surface area contributed by atoms with Crippen molar-refractivity contribution in [2.45, 2.75) is 73.4 Å². The van der Waals surface area contributed by atoms with Crippen LogP contribution in [0.2, 0.25) is 0 Å². The minimum Gasteiger partial charge on any atom is -0.302 e. The average Bonchev–Trinajstić information content (AvgIpc) is 2.50. The van der Waals surface area contributed by atoms with Gasteiger partial charge in [0.1, 0.15) is 0 Å². The lowest BCUT2D eigenvalue weighted by atomic mass is 9.90. The smallest absolute Gasteiger partial charge is 0.0497 e. The number of benzene rings is 1. The molecule has 0 fully saturated rings. The van der Waals surface area contributed by atoms with Crippen molar-refractivity contribution in [1.82, 2.24) is 9.80 Å². The summed E-state index contributed by atoms with van der Waals surface area (Å²) in [4.78, 5) is 5.09. The predicted octanol–water partition coefficient (Wildman–Crippen LogP) is 5.85. The van der Waals surface area contributed by atoms with Crippen molar-refractivity contribution in [3.8, 4) is 0 Å². The maximum atomic E-state index is 2.55. The highest BCUT2D eigenvalue weighted by Gasteiger charge is 2.27.